The topological polar surface area (TPSA) is 29.1 Å². The van der Waals surface area contributed by atoms with Crippen molar-refractivity contribution in [2.24, 2.45) is 0 Å². The molecule has 3 aromatic rings. The number of hydrogen-bond acceptors (Lipinski definition) is 2. The summed E-state index contributed by atoms with van der Waals surface area (Å²) in [7, 11) is 0. The Hall–Kier alpha value is -2.20. The Morgan fingerprint density at radius 1 is 1.10 bits per heavy atom. The normalized spacial score (nSPS) is 10.8. The first-order valence-corrected chi connectivity index (χ1v) is 7.43. The predicted molar refractivity (Wildman–Crippen MR) is 85.7 cm³/mol. The van der Waals surface area contributed by atoms with Gasteiger partial charge in [-0.2, -0.15) is 0 Å². The minimum absolute atomic E-state index is 0.201. The zero-order valence-electron chi connectivity index (χ0n) is 11.7. The zero-order valence-corrected chi connectivity index (χ0v) is 12.6. The maximum absolute atomic E-state index is 13.7. The van der Waals surface area contributed by atoms with E-state index in [2.05, 4.69) is 5.32 Å². The fraction of sp³-hybridized carbons (Fsp3) is 0.118. The molecule has 3 rings (SSSR count). The molecule has 21 heavy (non-hydrogen) atoms. The number of amides is 1. The van der Waals surface area contributed by atoms with Crippen LogP contribution >= 0.6 is 11.3 Å². The van der Waals surface area contributed by atoms with Crippen LogP contribution in [0.2, 0.25) is 0 Å². The standard InChI is InChI=1S/C17H14FNOS/c1-10-5-3-6-11(2)16(10)19-17(20)15-9-12-13(18)7-4-8-14(12)21-15/h3-9H,1-2H3,(H,19,20). The monoisotopic (exact) mass is 299 g/mol. The lowest BCUT2D eigenvalue weighted by Crippen LogP contribution is -2.12. The van der Waals surface area contributed by atoms with Crippen molar-refractivity contribution in [1.82, 2.24) is 0 Å². The molecule has 0 spiro atoms. The molecule has 1 aromatic heterocycles. The molecule has 0 saturated heterocycles. The summed E-state index contributed by atoms with van der Waals surface area (Å²) in [6.45, 7) is 3.90. The van der Waals surface area contributed by atoms with Crippen LogP contribution in [0.1, 0.15) is 20.8 Å². The van der Waals surface area contributed by atoms with E-state index in [1.807, 2.05) is 38.1 Å². The summed E-state index contributed by atoms with van der Waals surface area (Å²) in [5.74, 6) is -0.497. The highest BCUT2D eigenvalue weighted by Crippen LogP contribution is 2.29. The highest BCUT2D eigenvalue weighted by atomic mass is 32.1. The van der Waals surface area contributed by atoms with Crippen LogP contribution in [0.5, 0.6) is 0 Å². The van der Waals surface area contributed by atoms with Crippen LogP contribution in [-0.2, 0) is 0 Å². The van der Waals surface area contributed by atoms with Crippen molar-refractivity contribution in [2.75, 3.05) is 5.32 Å². The average Bonchev–Trinajstić information content (AvgIpc) is 2.88. The summed E-state index contributed by atoms with van der Waals surface area (Å²) in [6, 6.07) is 12.3. The summed E-state index contributed by atoms with van der Waals surface area (Å²) >= 11 is 1.30. The number of nitrogens with one attached hydrogen (secondary N) is 1. The lowest BCUT2D eigenvalue weighted by atomic mass is 10.1. The molecule has 0 fully saturated rings. The molecule has 0 aliphatic heterocycles. The smallest absolute Gasteiger partial charge is 0.265 e. The van der Waals surface area contributed by atoms with Crippen LogP contribution in [0, 0.1) is 19.7 Å². The van der Waals surface area contributed by atoms with Crippen molar-refractivity contribution in [3.63, 3.8) is 0 Å². The number of thiophene rings is 1. The van der Waals surface area contributed by atoms with E-state index in [1.165, 1.54) is 17.4 Å². The lowest BCUT2D eigenvalue weighted by Gasteiger charge is -2.10. The van der Waals surface area contributed by atoms with Gasteiger partial charge < -0.3 is 5.32 Å². The fourth-order valence-corrected chi connectivity index (χ4v) is 3.29. The molecule has 2 nitrogen and oxygen atoms in total. The van der Waals surface area contributed by atoms with E-state index in [-0.39, 0.29) is 11.7 Å². The van der Waals surface area contributed by atoms with Crippen molar-refractivity contribution >= 4 is 33.0 Å². The molecule has 0 atom stereocenters. The number of aryl methyl sites for hydroxylation is 2. The first-order valence-electron chi connectivity index (χ1n) is 6.62. The van der Waals surface area contributed by atoms with E-state index >= 15 is 0 Å². The van der Waals surface area contributed by atoms with E-state index in [9.17, 15) is 9.18 Å². The Balaban J connectivity index is 1.96. The molecule has 0 saturated carbocycles. The third-order valence-electron chi connectivity index (χ3n) is 3.45. The van der Waals surface area contributed by atoms with Crippen molar-refractivity contribution in [3.8, 4) is 0 Å². The van der Waals surface area contributed by atoms with Crippen molar-refractivity contribution in [1.29, 1.82) is 0 Å². The predicted octanol–water partition coefficient (Wildman–Crippen LogP) is 4.91. The van der Waals surface area contributed by atoms with Crippen LogP contribution in [-0.4, -0.2) is 5.91 Å². The summed E-state index contributed by atoms with van der Waals surface area (Å²) in [5.41, 5.74) is 2.84. The molecule has 0 aliphatic rings. The van der Waals surface area contributed by atoms with Crippen LogP contribution in [0.3, 0.4) is 0 Å². The van der Waals surface area contributed by atoms with Crippen molar-refractivity contribution in [2.45, 2.75) is 13.8 Å². The van der Waals surface area contributed by atoms with Gasteiger partial charge in [0.05, 0.1) is 4.88 Å². The fourth-order valence-electron chi connectivity index (χ4n) is 2.32. The molecular weight excluding hydrogens is 285 g/mol. The molecule has 0 bridgehead atoms. The largest absolute Gasteiger partial charge is 0.321 e. The Morgan fingerprint density at radius 2 is 1.76 bits per heavy atom. The van der Waals surface area contributed by atoms with Gasteiger partial charge in [0, 0.05) is 15.8 Å². The van der Waals surface area contributed by atoms with Gasteiger partial charge in [-0.15, -0.1) is 11.3 Å². The molecule has 0 aliphatic carbocycles. The molecule has 0 radical (unpaired) electrons. The van der Waals surface area contributed by atoms with Crippen molar-refractivity contribution < 1.29 is 9.18 Å². The van der Waals surface area contributed by atoms with Gasteiger partial charge in [-0.1, -0.05) is 24.3 Å². The number of para-hydroxylation sites is 1. The third kappa shape index (κ3) is 2.54. The average molecular weight is 299 g/mol. The molecule has 2 aromatic carbocycles. The SMILES string of the molecule is Cc1cccc(C)c1NC(=O)c1cc2c(F)cccc2s1. The minimum Gasteiger partial charge on any atom is -0.321 e. The second kappa shape index (κ2) is 5.30. The van der Waals surface area contributed by atoms with Crippen LogP contribution in [0.15, 0.2) is 42.5 Å². The molecule has 1 heterocycles. The second-order valence-corrected chi connectivity index (χ2v) is 6.07. The Morgan fingerprint density at radius 3 is 2.43 bits per heavy atom. The lowest BCUT2D eigenvalue weighted by molar-refractivity contribution is 0.103. The minimum atomic E-state index is -0.296. The molecule has 106 valence electrons. The molecule has 4 heteroatoms. The first-order chi connectivity index (χ1) is 10.1. The first kappa shape index (κ1) is 13.8. The zero-order chi connectivity index (χ0) is 15.0. The highest BCUT2D eigenvalue weighted by Gasteiger charge is 2.14. The number of carbonyl (C=O) groups excluding carboxylic acids is 1. The summed E-state index contributed by atoms with van der Waals surface area (Å²) in [4.78, 5) is 12.9. The summed E-state index contributed by atoms with van der Waals surface area (Å²) in [6.07, 6.45) is 0. The number of anilines is 1. The van der Waals surface area contributed by atoms with E-state index in [0.29, 0.717) is 10.3 Å². The van der Waals surface area contributed by atoms with E-state index < -0.39 is 0 Å². The highest BCUT2D eigenvalue weighted by molar-refractivity contribution is 7.20. The van der Waals surface area contributed by atoms with Crippen LogP contribution in [0.4, 0.5) is 10.1 Å². The maximum Gasteiger partial charge on any atom is 0.265 e. The number of fused-ring (bicyclic) bond motifs is 1. The van der Waals surface area contributed by atoms with Crippen molar-refractivity contribution in [3.05, 3.63) is 64.3 Å². The van der Waals surface area contributed by atoms with Crippen LogP contribution in [0.25, 0.3) is 10.1 Å². The Bertz CT molecular complexity index is 818. The second-order valence-electron chi connectivity index (χ2n) is 4.98. The Kier molecular flexibility index (Phi) is 3.47. The van der Waals surface area contributed by atoms with Gasteiger partial charge in [-0.25, -0.2) is 4.39 Å². The quantitative estimate of drug-likeness (QED) is 0.715. The number of hydrogen-bond donors (Lipinski definition) is 1. The Labute approximate surface area is 126 Å². The molecule has 0 unspecified atom stereocenters. The molecule has 1 N–H and O–H groups in total. The summed E-state index contributed by atoms with van der Waals surface area (Å²) in [5, 5.41) is 3.42. The van der Waals surface area contributed by atoms with Gasteiger partial charge in [0.25, 0.3) is 5.91 Å². The number of carbonyl (C=O) groups is 1. The van der Waals surface area contributed by atoms with Gasteiger partial charge in [0.2, 0.25) is 0 Å². The van der Waals surface area contributed by atoms with E-state index in [4.69, 9.17) is 0 Å². The summed E-state index contributed by atoms with van der Waals surface area (Å²) < 4.78 is 14.5. The van der Waals surface area contributed by atoms with Crippen LogP contribution < -0.4 is 5.32 Å². The molecular formula is C17H14FNOS. The third-order valence-corrected chi connectivity index (χ3v) is 4.55. The van der Waals surface area contributed by atoms with E-state index in [1.54, 1.807) is 12.1 Å². The van der Waals surface area contributed by atoms with Gasteiger partial charge in [-0.05, 0) is 43.2 Å². The number of rotatable bonds is 2. The number of halogens is 1. The van der Waals surface area contributed by atoms with E-state index in [0.717, 1.165) is 21.5 Å². The van der Waals surface area contributed by atoms with Gasteiger partial charge in [0.15, 0.2) is 0 Å². The maximum atomic E-state index is 13.7. The number of benzene rings is 2. The van der Waals surface area contributed by atoms with Gasteiger partial charge in [0.1, 0.15) is 5.82 Å². The van der Waals surface area contributed by atoms with Gasteiger partial charge >= 0.3 is 0 Å². The molecule has 1 amide bonds. The van der Waals surface area contributed by atoms with Gasteiger partial charge in [-0.3, -0.25) is 4.79 Å².